The van der Waals surface area contributed by atoms with Crippen LogP contribution >= 0.6 is 11.6 Å². The molecule has 3 N–H and O–H groups in total. The second-order valence-electron chi connectivity index (χ2n) is 11.0. The number of fused-ring (bicyclic) bond motifs is 6. The van der Waals surface area contributed by atoms with Crippen LogP contribution in [0.25, 0.3) is 0 Å². The number of Topliss-reactive ketones (excluding diaryl/α,β-unsaturated/α-hetero) is 2. The Hall–Kier alpha value is -5.59. The Kier molecular flexibility index (Phi) is 10.3. The zero-order chi connectivity index (χ0) is 36.2. The van der Waals surface area contributed by atoms with Crippen molar-refractivity contribution in [2.75, 3.05) is 29.0 Å². The number of carbonyl (C=O) groups is 4. The number of carbonyl (C=O) groups excluding carboxylic acids is 4. The number of aromatic nitrogens is 4. The summed E-state index contributed by atoms with van der Waals surface area (Å²) in [6, 6.07) is 9.26. The number of ketones is 2. The number of hydrogen-bond acceptors (Lipinski definition) is 11. The van der Waals surface area contributed by atoms with Gasteiger partial charge in [-0.05, 0) is 48.2 Å². The molecule has 0 atom stereocenters. The number of aryl methyl sites for hydroxylation is 2. The highest BCUT2D eigenvalue weighted by molar-refractivity contribution is 6.41. The predicted molar refractivity (Wildman–Crippen MR) is 163 cm³/mol. The van der Waals surface area contributed by atoms with Crippen LogP contribution in [0.5, 0.6) is 0 Å². The Labute approximate surface area is 282 Å². The fraction of sp³-hybridized carbons (Fsp3) is 0.267. The number of alkyl halides is 6. The van der Waals surface area contributed by atoms with E-state index in [1.165, 1.54) is 18.5 Å². The first-order valence-corrected chi connectivity index (χ1v) is 14.8. The molecule has 4 aromatic rings. The average molecular weight is 725 g/mol. The third-order valence-corrected chi connectivity index (χ3v) is 7.49. The average Bonchev–Trinajstić information content (AvgIpc) is 3.58. The maximum absolute atomic E-state index is 12.9. The molecule has 0 radical (unpaired) electrons. The lowest BCUT2D eigenvalue weighted by Crippen LogP contribution is -2.50. The largest absolute Gasteiger partial charge is 0.458 e. The van der Waals surface area contributed by atoms with Gasteiger partial charge in [-0.2, -0.15) is 31.3 Å². The predicted octanol–water partition coefficient (Wildman–Crippen LogP) is 5.45. The molecule has 2 aliphatic rings. The van der Waals surface area contributed by atoms with Gasteiger partial charge in [-0.1, -0.05) is 16.8 Å². The summed E-state index contributed by atoms with van der Waals surface area (Å²) in [7, 11) is 0. The Morgan fingerprint density at radius 2 is 1.64 bits per heavy atom. The number of likely N-dealkylation sites (tertiary alicyclic amines) is 1. The molecule has 6 rings (SSSR count). The number of hydrogen-bond donors (Lipinski definition) is 3. The molecule has 50 heavy (non-hydrogen) atoms. The number of pyridine rings is 1. The van der Waals surface area contributed by atoms with E-state index >= 15 is 0 Å². The van der Waals surface area contributed by atoms with E-state index in [4.69, 9.17) is 16.1 Å². The maximum Gasteiger partial charge on any atom is 0.458 e. The molecule has 1 aromatic carbocycles. The van der Waals surface area contributed by atoms with Crippen molar-refractivity contribution in [3.05, 3.63) is 77.0 Å². The molecule has 262 valence electrons. The molecule has 0 unspecified atom stereocenters. The van der Waals surface area contributed by atoms with Crippen LogP contribution in [0.4, 0.5) is 55.2 Å². The first kappa shape index (κ1) is 35.7. The number of nitrogens with one attached hydrogen (secondary N) is 3. The van der Waals surface area contributed by atoms with Crippen LogP contribution in [0.3, 0.4) is 0 Å². The standard InChI is InChI=1S/C26H23ClN8O3.C4F6O2/c27-20-12-29-26-32-19-7-15(10-28-11-19)1-2-17-9-18(31-24(20)34-26)3-4-21(17)33-23(36)8-16-13-35(14-16)25(37)22-5-6-30-38-22;5-3(6,7)1(11)2(12)4(8,9)10/h3-7,9-12,16H,1-2,8,13-14H2,(H,33,36)(H2,29,31,32,34);. The molecule has 6 bridgehead atoms. The van der Waals surface area contributed by atoms with Gasteiger partial charge in [-0.15, -0.1) is 0 Å². The fourth-order valence-corrected chi connectivity index (χ4v) is 4.96. The normalized spacial score (nSPS) is 14.2. The first-order valence-electron chi connectivity index (χ1n) is 14.4. The lowest BCUT2D eigenvalue weighted by molar-refractivity contribution is -0.193. The summed E-state index contributed by atoms with van der Waals surface area (Å²) >= 11 is 6.34. The zero-order valence-electron chi connectivity index (χ0n) is 25.2. The van der Waals surface area contributed by atoms with E-state index in [0.29, 0.717) is 42.7 Å². The molecular weight excluding hydrogens is 702 g/mol. The van der Waals surface area contributed by atoms with E-state index in [2.05, 4.69) is 36.1 Å². The van der Waals surface area contributed by atoms with Gasteiger partial charge >= 0.3 is 23.9 Å². The van der Waals surface area contributed by atoms with Crippen molar-refractivity contribution in [2.24, 2.45) is 5.92 Å². The second kappa shape index (κ2) is 14.5. The Balaban J connectivity index is 0.000000349. The lowest BCUT2D eigenvalue weighted by atomic mass is 9.95. The van der Waals surface area contributed by atoms with Crippen molar-refractivity contribution in [1.29, 1.82) is 0 Å². The van der Waals surface area contributed by atoms with E-state index < -0.39 is 23.9 Å². The maximum atomic E-state index is 12.9. The summed E-state index contributed by atoms with van der Waals surface area (Å²) in [6.07, 6.45) is -3.33. The van der Waals surface area contributed by atoms with E-state index in [9.17, 15) is 45.5 Å². The van der Waals surface area contributed by atoms with Crippen molar-refractivity contribution in [3.8, 4) is 0 Å². The van der Waals surface area contributed by atoms with E-state index in [-0.39, 0.29) is 23.5 Å². The van der Waals surface area contributed by atoms with Crippen molar-refractivity contribution in [2.45, 2.75) is 31.6 Å². The highest BCUT2D eigenvalue weighted by Gasteiger charge is 2.54. The Morgan fingerprint density at radius 1 is 0.920 bits per heavy atom. The zero-order valence-corrected chi connectivity index (χ0v) is 26.0. The quantitative estimate of drug-likeness (QED) is 0.177. The summed E-state index contributed by atoms with van der Waals surface area (Å²) in [5, 5.41) is 13.4. The monoisotopic (exact) mass is 724 g/mol. The molecule has 2 amide bonds. The molecular formula is C30H23ClF6N8O5. The van der Waals surface area contributed by atoms with Crippen molar-refractivity contribution in [1.82, 2.24) is 25.0 Å². The molecule has 13 nitrogen and oxygen atoms in total. The van der Waals surface area contributed by atoms with Crippen molar-refractivity contribution in [3.63, 3.8) is 0 Å². The summed E-state index contributed by atoms with van der Waals surface area (Å²) in [5.74, 6) is -5.97. The molecule has 0 aliphatic carbocycles. The SMILES string of the molecule is O=C(C(=O)C(F)(F)F)C(F)(F)F.O=C(CC1CN(C(=O)c2ccno2)C1)Nc1ccc2cc1CCc1cncc(c1)Nc1ncc(Cl)c(n1)N2. The number of nitrogens with zero attached hydrogens (tertiary/aromatic N) is 5. The van der Waals surface area contributed by atoms with Gasteiger partial charge in [-0.3, -0.25) is 24.2 Å². The summed E-state index contributed by atoms with van der Waals surface area (Å²) < 4.78 is 71.9. The Morgan fingerprint density at radius 3 is 2.30 bits per heavy atom. The van der Waals surface area contributed by atoms with Gasteiger partial charge in [0.2, 0.25) is 17.6 Å². The van der Waals surface area contributed by atoms with Crippen LogP contribution in [0, 0.1) is 5.92 Å². The number of amides is 2. The summed E-state index contributed by atoms with van der Waals surface area (Å²) in [6.45, 7) is 1.00. The van der Waals surface area contributed by atoms with Crippen LogP contribution in [0.15, 0.2) is 59.6 Å². The molecule has 0 spiro atoms. The van der Waals surface area contributed by atoms with Crippen molar-refractivity contribution >= 4 is 63.8 Å². The smallest absolute Gasteiger partial charge is 0.351 e. The minimum atomic E-state index is -5.77. The van der Waals surface area contributed by atoms with Crippen molar-refractivity contribution < 1.29 is 50.0 Å². The summed E-state index contributed by atoms with van der Waals surface area (Å²) in [5.41, 5.74) is 4.29. The molecule has 5 heterocycles. The van der Waals surface area contributed by atoms with Gasteiger partial charge in [0.05, 0.1) is 24.3 Å². The van der Waals surface area contributed by atoms with Gasteiger partial charge in [0, 0.05) is 49.1 Å². The molecule has 2 aliphatic heterocycles. The van der Waals surface area contributed by atoms with Gasteiger partial charge < -0.3 is 25.4 Å². The van der Waals surface area contributed by atoms with Crippen LogP contribution < -0.4 is 16.0 Å². The van der Waals surface area contributed by atoms with Gasteiger partial charge in [0.25, 0.3) is 5.91 Å². The highest BCUT2D eigenvalue weighted by atomic mass is 35.5. The third-order valence-electron chi connectivity index (χ3n) is 7.21. The minimum absolute atomic E-state index is 0.0864. The van der Waals surface area contributed by atoms with Crippen LogP contribution in [-0.2, 0) is 27.2 Å². The lowest BCUT2D eigenvalue weighted by Gasteiger charge is -2.38. The molecule has 1 saturated heterocycles. The third kappa shape index (κ3) is 8.90. The molecule has 0 saturated carbocycles. The first-order chi connectivity index (χ1) is 23.6. The van der Waals surface area contributed by atoms with E-state index in [0.717, 1.165) is 34.6 Å². The highest BCUT2D eigenvalue weighted by Crippen LogP contribution is 2.30. The van der Waals surface area contributed by atoms with Gasteiger partial charge in [0.15, 0.2) is 5.82 Å². The molecule has 1 fully saturated rings. The van der Waals surface area contributed by atoms with Crippen LogP contribution in [-0.4, -0.2) is 73.8 Å². The fourth-order valence-electron chi connectivity index (χ4n) is 4.82. The molecule has 20 heteroatoms. The van der Waals surface area contributed by atoms with E-state index in [1.807, 2.05) is 30.5 Å². The van der Waals surface area contributed by atoms with Gasteiger partial charge in [0.1, 0.15) is 5.02 Å². The number of rotatable bonds is 5. The number of anilines is 5. The molecule has 3 aromatic heterocycles. The van der Waals surface area contributed by atoms with Crippen LogP contribution in [0.2, 0.25) is 5.02 Å². The topological polar surface area (TPSA) is 172 Å². The number of halogens is 7. The van der Waals surface area contributed by atoms with E-state index in [1.54, 1.807) is 11.1 Å². The number of benzene rings is 1. The minimum Gasteiger partial charge on any atom is -0.351 e. The van der Waals surface area contributed by atoms with Crippen LogP contribution in [0.1, 0.15) is 28.1 Å². The Bertz CT molecular complexity index is 1890. The second-order valence-corrected chi connectivity index (χ2v) is 11.4. The summed E-state index contributed by atoms with van der Waals surface area (Å²) in [4.78, 5) is 59.2. The van der Waals surface area contributed by atoms with Gasteiger partial charge in [-0.25, -0.2) is 4.98 Å².